The van der Waals surface area contributed by atoms with Gasteiger partial charge >= 0.3 is 0 Å². The van der Waals surface area contributed by atoms with Crippen molar-refractivity contribution in [1.29, 1.82) is 0 Å². The number of nitro groups is 1. The van der Waals surface area contributed by atoms with E-state index in [0.29, 0.717) is 29.9 Å². The summed E-state index contributed by atoms with van der Waals surface area (Å²) in [6.07, 6.45) is 0. The van der Waals surface area contributed by atoms with Crippen LogP contribution in [-0.4, -0.2) is 36.6 Å². The van der Waals surface area contributed by atoms with E-state index in [1.54, 1.807) is 0 Å². The quantitative estimate of drug-likeness (QED) is 0.643. The Balaban J connectivity index is 2.06. The topological polar surface area (TPSA) is 93.5 Å². The zero-order chi connectivity index (χ0) is 13.8. The minimum Gasteiger partial charge on any atom is -0.378 e. The molecule has 2 N–H and O–H groups in total. The number of hydrogen-bond donors (Lipinski definition) is 2. The first-order chi connectivity index (χ1) is 9.08. The van der Waals surface area contributed by atoms with Crippen LogP contribution >= 0.6 is 15.9 Å². The van der Waals surface area contributed by atoms with Gasteiger partial charge in [0, 0.05) is 23.2 Å². The van der Waals surface area contributed by atoms with Crippen molar-refractivity contribution in [2.75, 3.05) is 25.1 Å². The van der Waals surface area contributed by atoms with E-state index in [1.165, 1.54) is 18.2 Å². The van der Waals surface area contributed by atoms with E-state index in [2.05, 4.69) is 26.6 Å². The summed E-state index contributed by atoms with van der Waals surface area (Å²) in [6.45, 7) is 1.53. The highest BCUT2D eigenvalue weighted by atomic mass is 79.9. The molecule has 1 amide bonds. The van der Waals surface area contributed by atoms with E-state index in [0.717, 1.165) is 0 Å². The number of amides is 1. The molecule has 1 fully saturated rings. The molecule has 0 aromatic heterocycles. The van der Waals surface area contributed by atoms with Crippen molar-refractivity contribution >= 4 is 33.2 Å². The Kier molecular flexibility index (Phi) is 4.46. The van der Waals surface area contributed by atoms with Crippen LogP contribution in [0.25, 0.3) is 0 Å². The molecular formula is C11H12BrN3O4. The average Bonchev–Trinajstić information content (AvgIpc) is 2.41. The van der Waals surface area contributed by atoms with Crippen molar-refractivity contribution in [1.82, 2.24) is 5.32 Å². The highest BCUT2D eigenvalue weighted by Gasteiger charge is 2.22. The molecule has 7 nitrogen and oxygen atoms in total. The van der Waals surface area contributed by atoms with Crippen molar-refractivity contribution in [3.05, 3.63) is 32.8 Å². The summed E-state index contributed by atoms with van der Waals surface area (Å²) < 4.78 is 5.66. The molecule has 1 aliphatic rings. The van der Waals surface area contributed by atoms with Gasteiger partial charge in [-0.15, -0.1) is 0 Å². The van der Waals surface area contributed by atoms with E-state index in [-0.39, 0.29) is 11.6 Å². The molecule has 0 radical (unpaired) electrons. The van der Waals surface area contributed by atoms with Crippen LogP contribution in [0, 0.1) is 10.1 Å². The molecule has 0 bridgehead atoms. The molecule has 8 heteroatoms. The highest BCUT2D eigenvalue weighted by Crippen LogP contribution is 2.27. The number of carbonyl (C=O) groups is 1. The number of ether oxygens (including phenoxy) is 1. The smallest absolute Gasteiger partial charge is 0.270 e. The number of nitro benzene ring substituents is 1. The Hall–Kier alpha value is -1.51. The summed E-state index contributed by atoms with van der Waals surface area (Å²) in [4.78, 5) is 22.0. The van der Waals surface area contributed by atoms with Crippen LogP contribution in [0.4, 0.5) is 11.4 Å². The number of benzene rings is 1. The fraction of sp³-hybridized carbons (Fsp3) is 0.364. The molecule has 102 valence electrons. The summed E-state index contributed by atoms with van der Waals surface area (Å²) in [5, 5.41) is 16.3. The number of nitrogens with one attached hydrogen (secondary N) is 2. The SMILES string of the molecule is O=C(Nc1ccc([N+](=O)[O-])cc1Br)C1COCCN1. The Labute approximate surface area is 117 Å². The first kappa shape index (κ1) is 13.9. The fourth-order valence-corrected chi connectivity index (χ4v) is 2.14. The minimum absolute atomic E-state index is 0.0380. The Morgan fingerprint density at radius 1 is 1.58 bits per heavy atom. The zero-order valence-corrected chi connectivity index (χ0v) is 11.5. The maximum Gasteiger partial charge on any atom is 0.270 e. The normalized spacial score (nSPS) is 18.9. The van der Waals surface area contributed by atoms with Crippen LogP contribution in [0.3, 0.4) is 0 Å². The van der Waals surface area contributed by atoms with Gasteiger partial charge in [0.25, 0.3) is 5.69 Å². The van der Waals surface area contributed by atoms with Crippen molar-refractivity contribution in [3.8, 4) is 0 Å². The second-order valence-electron chi connectivity index (χ2n) is 3.99. The third kappa shape index (κ3) is 3.49. The first-order valence-corrected chi connectivity index (χ1v) is 6.43. The van der Waals surface area contributed by atoms with Crippen LogP contribution < -0.4 is 10.6 Å². The van der Waals surface area contributed by atoms with Crippen LogP contribution in [0.2, 0.25) is 0 Å². The molecule has 1 aromatic carbocycles. The molecule has 2 rings (SSSR count). The number of nitrogens with zero attached hydrogens (tertiary/aromatic N) is 1. The molecule has 0 spiro atoms. The van der Waals surface area contributed by atoms with Crippen LogP contribution in [0.1, 0.15) is 0 Å². The number of morpholine rings is 1. The summed E-state index contributed by atoms with van der Waals surface area (Å²) in [5.41, 5.74) is 0.451. The lowest BCUT2D eigenvalue weighted by Crippen LogP contribution is -2.48. The molecule has 1 aromatic rings. The van der Waals surface area contributed by atoms with Crippen LogP contribution in [0.5, 0.6) is 0 Å². The lowest BCUT2D eigenvalue weighted by Gasteiger charge is -2.23. The second-order valence-corrected chi connectivity index (χ2v) is 4.85. The summed E-state index contributed by atoms with van der Waals surface area (Å²) in [6, 6.07) is 3.77. The number of halogens is 1. The van der Waals surface area contributed by atoms with E-state index in [1.807, 2.05) is 0 Å². The molecule has 0 aliphatic carbocycles. The Morgan fingerprint density at radius 3 is 2.95 bits per heavy atom. The summed E-state index contributed by atoms with van der Waals surface area (Å²) >= 11 is 3.20. The van der Waals surface area contributed by atoms with Crippen molar-refractivity contribution in [2.45, 2.75) is 6.04 Å². The monoisotopic (exact) mass is 329 g/mol. The fourth-order valence-electron chi connectivity index (χ4n) is 1.67. The number of carbonyl (C=O) groups excluding carboxylic acids is 1. The van der Waals surface area contributed by atoms with Gasteiger partial charge in [-0.25, -0.2) is 0 Å². The summed E-state index contributed by atoms with van der Waals surface area (Å²) in [5.74, 6) is -0.228. The molecule has 1 saturated heterocycles. The lowest BCUT2D eigenvalue weighted by molar-refractivity contribution is -0.384. The van der Waals surface area contributed by atoms with Crippen LogP contribution in [0.15, 0.2) is 22.7 Å². The van der Waals surface area contributed by atoms with Gasteiger partial charge in [0.05, 0.1) is 23.8 Å². The maximum atomic E-state index is 11.9. The molecule has 0 saturated carbocycles. The van der Waals surface area contributed by atoms with Gasteiger partial charge in [-0.05, 0) is 22.0 Å². The van der Waals surface area contributed by atoms with Gasteiger partial charge in [0.15, 0.2) is 0 Å². The molecule has 1 unspecified atom stereocenters. The third-order valence-electron chi connectivity index (χ3n) is 2.66. The van der Waals surface area contributed by atoms with Gasteiger partial charge in [-0.3, -0.25) is 14.9 Å². The van der Waals surface area contributed by atoms with Gasteiger partial charge in [0.1, 0.15) is 6.04 Å². The predicted octanol–water partition coefficient (Wildman–Crippen LogP) is 1.28. The Morgan fingerprint density at radius 2 is 2.37 bits per heavy atom. The number of hydrogen-bond acceptors (Lipinski definition) is 5. The van der Waals surface area contributed by atoms with Gasteiger partial charge in [0.2, 0.25) is 5.91 Å². The first-order valence-electron chi connectivity index (χ1n) is 5.64. The molecule has 1 aliphatic heterocycles. The maximum absolute atomic E-state index is 11.9. The van der Waals surface area contributed by atoms with Gasteiger partial charge in [-0.2, -0.15) is 0 Å². The van der Waals surface area contributed by atoms with E-state index >= 15 is 0 Å². The van der Waals surface area contributed by atoms with Crippen molar-refractivity contribution in [3.63, 3.8) is 0 Å². The molecule has 1 heterocycles. The van der Waals surface area contributed by atoms with E-state index in [9.17, 15) is 14.9 Å². The molecule has 1 atom stereocenters. The Bertz CT molecular complexity index is 503. The number of anilines is 1. The van der Waals surface area contributed by atoms with Crippen LogP contribution in [-0.2, 0) is 9.53 Å². The second kappa shape index (κ2) is 6.09. The lowest BCUT2D eigenvalue weighted by atomic mass is 10.2. The average molecular weight is 330 g/mol. The van der Waals surface area contributed by atoms with Crippen molar-refractivity contribution < 1.29 is 14.5 Å². The zero-order valence-electron chi connectivity index (χ0n) is 9.89. The minimum atomic E-state index is -0.493. The van der Waals surface area contributed by atoms with E-state index < -0.39 is 11.0 Å². The third-order valence-corrected chi connectivity index (χ3v) is 3.32. The number of rotatable bonds is 3. The molecular weight excluding hydrogens is 318 g/mol. The standard InChI is InChI=1S/C11H12BrN3O4/c12-8-5-7(15(17)18)1-2-9(8)14-11(16)10-6-19-4-3-13-10/h1-2,5,10,13H,3-4,6H2,(H,14,16). The summed E-state index contributed by atoms with van der Waals surface area (Å²) in [7, 11) is 0. The van der Waals surface area contributed by atoms with Crippen molar-refractivity contribution in [2.24, 2.45) is 0 Å². The molecule has 19 heavy (non-hydrogen) atoms. The van der Waals surface area contributed by atoms with E-state index in [4.69, 9.17) is 4.74 Å². The number of non-ortho nitro benzene ring substituents is 1. The van der Waals surface area contributed by atoms with Gasteiger partial charge in [-0.1, -0.05) is 0 Å². The van der Waals surface area contributed by atoms with Gasteiger partial charge < -0.3 is 15.4 Å². The highest BCUT2D eigenvalue weighted by molar-refractivity contribution is 9.10. The predicted molar refractivity (Wildman–Crippen MR) is 72.0 cm³/mol. The largest absolute Gasteiger partial charge is 0.378 e.